The Labute approximate surface area is 94.2 Å². The van der Waals surface area contributed by atoms with Gasteiger partial charge in [0.1, 0.15) is 0 Å². The van der Waals surface area contributed by atoms with Crippen LogP contribution in [0.4, 0.5) is 0 Å². The van der Waals surface area contributed by atoms with E-state index < -0.39 is 0 Å². The average Bonchev–Trinajstić information content (AvgIpc) is 2.16. The zero-order chi connectivity index (χ0) is 9.26. The minimum Gasteiger partial charge on any atom is -0.0876 e. The Balaban J connectivity index is 2.81. The fraction of sp³-hybridized carbons (Fsp3) is 0.0909. The van der Waals surface area contributed by atoms with Gasteiger partial charge in [0.05, 0.1) is 0 Å². The number of fused-ring (bicyclic) bond motifs is 1. The third-order valence-corrected chi connectivity index (χ3v) is 3.12. The topological polar surface area (TPSA) is 0 Å². The number of halogens is 2. The molecule has 2 aromatic rings. The molecule has 2 rings (SSSR count). The van der Waals surface area contributed by atoms with Crippen LogP contribution in [0.25, 0.3) is 10.8 Å². The van der Waals surface area contributed by atoms with Gasteiger partial charge in [0.2, 0.25) is 0 Å². The van der Waals surface area contributed by atoms with Gasteiger partial charge in [0.25, 0.3) is 0 Å². The second-order valence-electron chi connectivity index (χ2n) is 2.92. The summed E-state index contributed by atoms with van der Waals surface area (Å²) in [5, 5.41) is 3.50. The Bertz CT molecular complexity index is 435. The number of hydrogen-bond acceptors (Lipinski definition) is 0. The zero-order valence-corrected chi connectivity index (χ0v) is 10.1. The molecule has 0 saturated heterocycles. The van der Waals surface area contributed by atoms with E-state index in [1.807, 2.05) is 0 Å². The lowest BCUT2D eigenvalue weighted by atomic mass is 10.1. The molecule has 0 spiro atoms. The van der Waals surface area contributed by atoms with Crippen molar-refractivity contribution in [2.24, 2.45) is 0 Å². The van der Waals surface area contributed by atoms with Gasteiger partial charge in [-0.1, -0.05) is 56.1 Å². The van der Waals surface area contributed by atoms with E-state index in [2.05, 4.69) is 68.3 Å². The van der Waals surface area contributed by atoms with Crippen LogP contribution in [-0.4, -0.2) is 0 Å². The molecule has 0 aliphatic carbocycles. The molecule has 0 nitrogen and oxygen atoms in total. The summed E-state index contributed by atoms with van der Waals surface area (Å²) in [6.07, 6.45) is 0. The molecule has 0 aliphatic heterocycles. The Kier molecular flexibility index (Phi) is 2.70. The fourth-order valence-corrected chi connectivity index (χ4v) is 2.45. The van der Waals surface area contributed by atoms with Crippen LogP contribution in [0, 0.1) is 0 Å². The van der Waals surface area contributed by atoms with Crippen molar-refractivity contribution in [3.8, 4) is 0 Å². The molecular formula is C11H8Br2. The largest absolute Gasteiger partial charge is 0.0876 e. The van der Waals surface area contributed by atoms with E-state index in [9.17, 15) is 0 Å². The highest BCUT2D eigenvalue weighted by atomic mass is 79.9. The maximum Gasteiger partial charge on any atom is 0.0289 e. The molecule has 0 saturated carbocycles. The highest BCUT2D eigenvalue weighted by Crippen LogP contribution is 2.25. The molecule has 0 N–H and O–H groups in total. The zero-order valence-electron chi connectivity index (χ0n) is 6.93. The van der Waals surface area contributed by atoms with Crippen molar-refractivity contribution in [1.29, 1.82) is 0 Å². The van der Waals surface area contributed by atoms with Crippen LogP contribution < -0.4 is 0 Å². The molecule has 0 fully saturated rings. The molecular weight excluding hydrogens is 292 g/mol. The molecule has 0 amide bonds. The van der Waals surface area contributed by atoms with Gasteiger partial charge in [-0.25, -0.2) is 0 Å². The lowest BCUT2D eigenvalue weighted by Crippen LogP contribution is -1.81. The highest BCUT2D eigenvalue weighted by Gasteiger charge is 2.00. The number of hydrogen-bond donors (Lipinski definition) is 0. The standard InChI is InChI=1S/C11H8Br2/c12-7-9-6-10(13)5-8-3-1-2-4-11(8)9/h1-6H,7H2. The second-order valence-corrected chi connectivity index (χ2v) is 4.40. The Morgan fingerprint density at radius 1 is 1.08 bits per heavy atom. The predicted molar refractivity (Wildman–Crippen MR) is 64.3 cm³/mol. The highest BCUT2D eigenvalue weighted by molar-refractivity contribution is 9.10. The van der Waals surface area contributed by atoms with Gasteiger partial charge >= 0.3 is 0 Å². The van der Waals surface area contributed by atoms with Gasteiger partial charge in [0, 0.05) is 9.80 Å². The van der Waals surface area contributed by atoms with E-state index in [0.717, 1.165) is 9.80 Å². The summed E-state index contributed by atoms with van der Waals surface area (Å²) in [7, 11) is 0. The second kappa shape index (κ2) is 3.81. The van der Waals surface area contributed by atoms with Crippen molar-refractivity contribution in [3.05, 3.63) is 46.4 Å². The molecule has 2 aromatic carbocycles. The van der Waals surface area contributed by atoms with E-state index in [0.29, 0.717) is 0 Å². The lowest BCUT2D eigenvalue weighted by Gasteiger charge is -2.04. The summed E-state index contributed by atoms with van der Waals surface area (Å²) >= 11 is 7.00. The maximum atomic E-state index is 3.50. The van der Waals surface area contributed by atoms with E-state index in [1.165, 1.54) is 16.3 Å². The number of rotatable bonds is 1. The lowest BCUT2D eigenvalue weighted by molar-refractivity contribution is 1.47. The third kappa shape index (κ3) is 1.79. The van der Waals surface area contributed by atoms with E-state index in [1.54, 1.807) is 0 Å². The summed E-state index contributed by atoms with van der Waals surface area (Å²) in [5.74, 6) is 0. The maximum absolute atomic E-state index is 3.50. The minimum atomic E-state index is 0.896. The molecule has 2 heteroatoms. The Hall–Kier alpha value is -0.340. The fourth-order valence-electron chi connectivity index (χ4n) is 1.46. The summed E-state index contributed by atoms with van der Waals surface area (Å²) in [4.78, 5) is 0. The van der Waals surface area contributed by atoms with Crippen LogP contribution in [0.2, 0.25) is 0 Å². The first kappa shape index (κ1) is 9.22. The first-order chi connectivity index (χ1) is 6.31. The molecule has 66 valence electrons. The van der Waals surface area contributed by atoms with Gasteiger partial charge < -0.3 is 0 Å². The average molecular weight is 300 g/mol. The Morgan fingerprint density at radius 3 is 2.62 bits per heavy atom. The molecule has 13 heavy (non-hydrogen) atoms. The van der Waals surface area contributed by atoms with Gasteiger partial charge in [-0.2, -0.15) is 0 Å². The normalized spacial score (nSPS) is 10.6. The molecule has 0 bridgehead atoms. The third-order valence-electron chi connectivity index (χ3n) is 2.06. The van der Waals surface area contributed by atoms with Gasteiger partial charge in [-0.15, -0.1) is 0 Å². The SMILES string of the molecule is BrCc1cc(Br)cc2ccccc12. The van der Waals surface area contributed by atoms with Crippen molar-refractivity contribution in [1.82, 2.24) is 0 Å². The monoisotopic (exact) mass is 298 g/mol. The molecule has 0 atom stereocenters. The quantitative estimate of drug-likeness (QED) is 0.680. The van der Waals surface area contributed by atoms with Crippen LogP contribution in [-0.2, 0) is 5.33 Å². The number of benzene rings is 2. The van der Waals surface area contributed by atoms with Crippen LogP contribution in [0.15, 0.2) is 40.9 Å². The minimum absolute atomic E-state index is 0.896. The number of alkyl halides is 1. The molecule has 0 radical (unpaired) electrons. The summed E-state index contributed by atoms with van der Waals surface area (Å²) in [6.45, 7) is 0. The van der Waals surface area contributed by atoms with Crippen molar-refractivity contribution >= 4 is 42.6 Å². The van der Waals surface area contributed by atoms with Crippen LogP contribution in [0.1, 0.15) is 5.56 Å². The summed E-state index contributed by atoms with van der Waals surface area (Å²) < 4.78 is 1.14. The predicted octanol–water partition coefficient (Wildman–Crippen LogP) is 4.50. The van der Waals surface area contributed by atoms with Crippen molar-refractivity contribution in [2.45, 2.75) is 5.33 Å². The van der Waals surface area contributed by atoms with Crippen molar-refractivity contribution in [3.63, 3.8) is 0 Å². The molecule has 0 unspecified atom stereocenters. The van der Waals surface area contributed by atoms with Gasteiger partial charge in [-0.05, 0) is 28.5 Å². The van der Waals surface area contributed by atoms with Crippen LogP contribution in [0.5, 0.6) is 0 Å². The first-order valence-corrected chi connectivity index (χ1v) is 5.96. The molecule has 0 heterocycles. The van der Waals surface area contributed by atoms with E-state index in [4.69, 9.17) is 0 Å². The van der Waals surface area contributed by atoms with Crippen LogP contribution in [0.3, 0.4) is 0 Å². The van der Waals surface area contributed by atoms with Gasteiger partial charge in [-0.3, -0.25) is 0 Å². The Morgan fingerprint density at radius 2 is 1.85 bits per heavy atom. The van der Waals surface area contributed by atoms with Gasteiger partial charge in [0.15, 0.2) is 0 Å². The summed E-state index contributed by atoms with van der Waals surface area (Å²) in [5.41, 5.74) is 1.32. The molecule has 0 aromatic heterocycles. The van der Waals surface area contributed by atoms with Crippen molar-refractivity contribution in [2.75, 3.05) is 0 Å². The van der Waals surface area contributed by atoms with E-state index >= 15 is 0 Å². The van der Waals surface area contributed by atoms with Crippen LogP contribution >= 0.6 is 31.9 Å². The smallest absolute Gasteiger partial charge is 0.0289 e. The summed E-state index contributed by atoms with van der Waals surface area (Å²) in [6, 6.07) is 12.7. The van der Waals surface area contributed by atoms with Crippen molar-refractivity contribution < 1.29 is 0 Å². The molecule has 0 aliphatic rings. The van der Waals surface area contributed by atoms with E-state index in [-0.39, 0.29) is 0 Å². The first-order valence-electron chi connectivity index (χ1n) is 4.04.